The van der Waals surface area contributed by atoms with Crippen LogP contribution in [0.1, 0.15) is 35.3 Å². The number of aromatic amines is 1. The van der Waals surface area contributed by atoms with Gasteiger partial charge in [0.15, 0.2) is 0 Å². The molecule has 0 saturated carbocycles. The van der Waals surface area contributed by atoms with Crippen molar-refractivity contribution in [2.24, 2.45) is 0 Å². The lowest BCUT2D eigenvalue weighted by Gasteiger charge is -2.12. The van der Waals surface area contributed by atoms with Gasteiger partial charge in [0.2, 0.25) is 5.91 Å². The Balaban J connectivity index is 1.80. The molecule has 1 atom stereocenters. The summed E-state index contributed by atoms with van der Waals surface area (Å²) in [5, 5.41) is 0. The number of hydrogen-bond donors (Lipinski definition) is 3. The third-order valence-electron chi connectivity index (χ3n) is 3.02. The van der Waals surface area contributed by atoms with Gasteiger partial charge in [-0.2, -0.15) is 0 Å². The van der Waals surface area contributed by atoms with Crippen LogP contribution in [-0.2, 0) is 4.79 Å². The summed E-state index contributed by atoms with van der Waals surface area (Å²) in [5.41, 5.74) is 6.28. The summed E-state index contributed by atoms with van der Waals surface area (Å²) in [5.74, 6) is -0.490. The van der Waals surface area contributed by atoms with Gasteiger partial charge < -0.3 is 4.98 Å². The van der Waals surface area contributed by atoms with Crippen molar-refractivity contribution in [1.29, 1.82) is 0 Å². The first-order valence-electron chi connectivity index (χ1n) is 6.44. The third-order valence-corrected chi connectivity index (χ3v) is 3.02. The van der Waals surface area contributed by atoms with Gasteiger partial charge in [-0.25, -0.2) is 0 Å². The van der Waals surface area contributed by atoms with Gasteiger partial charge >= 0.3 is 0 Å². The molecule has 0 bridgehead atoms. The molecule has 1 aromatic heterocycles. The molecule has 20 heavy (non-hydrogen) atoms. The molecule has 0 aliphatic rings. The van der Waals surface area contributed by atoms with Crippen LogP contribution in [0, 0.1) is 0 Å². The summed E-state index contributed by atoms with van der Waals surface area (Å²) < 4.78 is 0. The molecule has 2 amide bonds. The zero-order chi connectivity index (χ0) is 14.4. The molecule has 1 heterocycles. The molecule has 2 rings (SSSR count). The summed E-state index contributed by atoms with van der Waals surface area (Å²) in [6.45, 7) is 1.97. The fourth-order valence-electron chi connectivity index (χ4n) is 1.89. The van der Waals surface area contributed by atoms with Crippen molar-refractivity contribution >= 4 is 11.8 Å². The molecule has 1 unspecified atom stereocenters. The van der Waals surface area contributed by atoms with Gasteiger partial charge in [0.25, 0.3) is 5.91 Å². The molecule has 104 valence electrons. The Morgan fingerprint density at radius 1 is 1.10 bits per heavy atom. The minimum atomic E-state index is -0.365. The maximum atomic E-state index is 11.8. The van der Waals surface area contributed by atoms with Crippen molar-refractivity contribution in [3.8, 4) is 0 Å². The van der Waals surface area contributed by atoms with E-state index in [0.717, 1.165) is 5.56 Å². The normalized spacial score (nSPS) is 11.7. The van der Waals surface area contributed by atoms with Gasteiger partial charge in [-0.15, -0.1) is 0 Å². The van der Waals surface area contributed by atoms with Gasteiger partial charge in [0, 0.05) is 12.6 Å². The highest BCUT2D eigenvalue weighted by molar-refractivity contribution is 5.93. The van der Waals surface area contributed by atoms with Crippen LogP contribution in [0.5, 0.6) is 0 Å². The summed E-state index contributed by atoms with van der Waals surface area (Å²) in [6.07, 6.45) is 1.96. The van der Waals surface area contributed by atoms with Crippen LogP contribution in [0.3, 0.4) is 0 Å². The standard InChI is InChI=1S/C15H17N3O2/c1-11(12-6-3-2-4-7-12)10-14(19)17-18-15(20)13-8-5-9-16-13/h2-9,11,16H,10H2,1H3,(H,17,19)(H,18,20). The Hall–Kier alpha value is -2.56. The number of amides is 2. The number of H-pyrrole nitrogens is 1. The van der Waals surface area contributed by atoms with Crippen molar-refractivity contribution in [3.05, 3.63) is 59.9 Å². The zero-order valence-corrected chi connectivity index (χ0v) is 11.2. The fraction of sp³-hybridized carbons (Fsp3) is 0.200. The Labute approximate surface area is 117 Å². The van der Waals surface area contributed by atoms with Crippen molar-refractivity contribution < 1.29 is 9.59 Å². The minimum absolute atomic E-state index is 0.0959. The SMILES string of the molecule is CC(CC(=O)NNC(=O)c1ccc[nH]1)c1ccccc1. The second-order valence-corrected chi connectivity index (χ2v) is 4.60. The first-order valence-corrected chi connectivity index (χ1v) is 6.44. The van der Waals surface area contributed by atoms with Crippen LogP contribution in [0.4, 0.5) is 0 Å². The number of aromatic nitrogens is 1. The van der Waals surface area contributed by atoms with E-state index < -0.39 is 0 Å². The molecule has 1 aromatic carbocycles. The number of rotatable bonds is 4. The number of nitrogens with one attached hydrogen (secondary N) is 3. The lowest BCUT2D eigenvalue weighted by molar-refractivity contribution is -0.122. The highest BCUT2D eigenvalue weighted by atomic mass is 16.2. The van der Waals surface area contributed by atoms with E-state index in [-0.39, 0.29) is 17.7 Å². The van der Waals surface area contributed by atoms with Gasteiger partial charge in [-0.1, -0.05) is 37.3 Å². The Bertz CT molecular complexity index is 564. The molecular weight excluding hydrogens is 254 g/mol. The highest BCUT2D eigenvalue weighted by Gasteiger charge is 2.12. The maximum Gasteiger partial charge on any atom is 0.286 e. The second kappa shape index (κ2) is 6.56. The van der Waals surface area contributed by atoms with E-state index in [1.807, 2.05) is 37.3 Å². The van der Waals surface area contributed by atoms with Crippen LogP contribution >= 0.6 is 0 Å². The van der Waals surface area contributed by atoms with Crippen molar-refractivity contribution in [3.63, 3.8) is 0 Å². The van der Waals surface area contributed by atoms with Crippen molar-refractivity contribution in [1.82, 2.24) is 15.8 Å². The van der Waals surface area contributed by atoms with Gasteiger partial charge in [0.1, 0.15) is 5.69 Å². The molecule has 0 radical (unpaired) electrons. The van der Waals surface area contributed by atoms with Crippen molar-refractivity contribution in [2.45, 2.75) is 19.3 Å². The average Bonchev–Trinajstić information content (AvgIpc) is 3.00. The van der Waals surface area contributed by atoms with E-state index in [9.17, 15) is 9.59 Å². The molecule has 0 fully saturated rings. The number of hydrogen-bond acceptors (Lipinski definition) is 2. The van der Waals surface area contributed by atoms with Crippen LogP contribution in [0.15, 0.2) is 48.7 Å². The first kappa shape index (κ1) is 13.9. The number of hydrazine groups is 1. The average molecular weight is 271 g/mol. The monoisotopic (exact) mass is 271 g/mol. The van der Waals surface area contributed by atoms with E-state index in [2.05, 4.69) is 15.8 Å². The lowest BCUT2D eigenvalue weighted by atomic mass is 9.98. The van der Waals surface area contributed by atoms with E-state index in [0.29, 0.717) is 12.1 Å². The minimum Gasteiger partial charge on any atom is -0.357 e. The number of carbonyl (C=O) groups excluding carboxylic acids is 2. The third kappa shape index (κ3) is 3.71. The molecule has 0 saturated heterocycles. The van der Waals surface area contributed by atoms with E-state index in [1.54, 1.807) is 18.3 Å². The topological polar surface area (TPSA) is 74.0 Å². The van der Waals surface area contributed by atoms with Crippen LogP contribution in [0.2, 0.25) is 0 Å². The lowest BCUT2D eigenvalue weighted by Crippen LogP contribution is -2.42. The first-order chi connectivity index (χ1) is 9.66. The smallest absolute Gasteiger partial charge is 0.286 e. The fourth-order valence-corrected chi connectivity index (χ4v) is 1.89. The van der Waals surface area contributed by atoms with Gasteiger partial charge in [-0.05, 0) is 23.6 Å². The predicted octanol–water partition coefficient (Wildman–Crippen LogP) is 1.97. The molecule has 3 N–H and O–H groups in total. The maximum absolute atomic E-state index is 11.8. The molecular formula is C15H17N3O2. The highest BCUT2D eigenvalue weighted by Crippen LogP contribution is 2.17. The predicted molar refractivity (Wildman–Crippen MR) is 75.9 cm³/mol. The van der Waals surface area contributed by atoms with Crippen LogP contribution in [0.25, 0.3) is 0 Å². The summed E-state index contributed by atoms with van der Waals surface area (Å²) in [6, 6.07) is 13.1. The van der Waals surface area contributed by atoms with Crippen LogP contribution < -0.4 is 10.9 Å². The Morgan fingerprint density at radius 3 is 2.50 bits per heavy atom. The second-order valence-electron chi connectivity index (χ2n) is 4.60. The van der Waals surface area contributed by atoms with Gasteiger partial charge in [0.05, 0.1) is 0 Å². The largest absolute Gasteiger partial charge is 0.357 e. The Morgan fingerprint density at radius 2 is 1.85 bits per heavy atom. The van der Waals surface area contributed by atoms with E-state index in [1.165, 1.54) is 0 Å². The quantitative estimate of drug-likeness (QED) is 0.744. The molecule has 2 aromatic rings. The van der Waals surface area contributed by atoms with Crippen LogP contribution in [-0.4, -0.2) is 16.8 Å². The summed E-state index contributed by atoms with van der Waals surface area (Å²) >= 11 is 0. The molecule has 0 spiro atoms. The van der Waals surface area contributed by atoms with Crippen molar-refractivity contribution in [2.75, 3.05) is 0 Å². The Kier molecular flexibility index (Phi) is 4.55. The summed E-state index contributed by atoms with van der Waals surface area (Å²) in [7, 11) is 0. The molecule has 5 heteroatoms. The molecule has 5 nitrogen and oxygen atoms in total. The molecule has 0 aliphatic carbocycles. The number of benzene rings is 1. The number of carbonyl (C=O) groups is 2. The van der Waals surface area contributed by atoms with E-state index in [4.69, 9.17) is 0 Å². The van der Waals surface area contributed by atoms with E-state index >= 15 is 0 Å². The summed E-state index contributed by atoms with van der Waals surface area (Å²) in [4.78, 5) is 26.1. The van der Waals surface area contributed by atoms with Gasteiger partial charge in [-0.3, -0.25) is 20.4 Å². The molecule has 0 aliphatic heterocycles. The zero-order valence-electron chi connectivity index (χ0n) is 11.2.